The second-order valence-electron chi connectivity index (χ2n) is 22.1. The summed E-state index contributed by atoms with van der Waals surface area (Å²) in [7, 11) is 0. The number of esters is 1. The molecular formula is C52H69ClN2O6. The summed E-state index contributed by atoms with van der Waals surface area (Å²) in [6, 6.07) is 18.0. The Morgan fingerprint density at radius 2 is 1.48 bits per heavy atom. The van der Waals surface area contributed by atoms with E-state index < -0.39 is 5.54 Å². The average molecular weight is 854 g/mol. The Hall–Kier alpha value is -3.74. The van der Waals surface area contributed by atoms with Gasteiger partial charge in [0.1, 0.15) is 6.10 Å². The monoisotopic (exact) mass is 852 g/mol. The minimum Gasteiger partial charge on any atom is -0.462 e. The molecule has 0 spiro atoms. The van der Waals surface area contributed by atoms with E-state index in [2.05, 4.69) is 103 Å². The number of benzene rings is 2. The zero-order chi connectivity index (χ0) is 44.3. The molecule has 10 atom stereocenters. The molecule has 61 heavy (non-hydrogen) atoms. The largest absolute Gasteiger partial charge is 0.462 e. The third kappa shape index (κ3) is 7.54. The van der Waals surface area contributed by atoms with Gasteiger partial charge in [-0.1, -0.05) is 116 Å². The van der Waals surface area contributed by atoms with Crippen molar-refractivity contribution < 1.29 is 28.7 Å². The highest BCUT2D eigenvalue weighted by atomic mass is 35.5. The molecule has 0 saturated heterocycles. The third-order valence-corrected chi connectivity index (χ3v) is 18.7. The summed E-state index contributed by atoms with van der Waals surface area (Å²) in [5.74, 6) is 1.99. The van der Waals surface area contributed by atoms with Crippen LogP contribution < -0.4 is 10.6 Å². The Bertz CT molecular complexity index is 2070. The number of urea groups is 1. The summed E-state index contributed by atoms with van der Waals surface area (Å²) in [6.45, 7) is 21.8. The highest BCUT2D eigenvalue weighted by molar-refractivity contribution is 6.30. The van der Waals surface area contributed by atoms with Crippen LogP contribution in [0.1, 0.15) is 138 Å². The molecule has 0 unspecified atom stereocenters. The third-order valence-electron chi connectivity index (χ3n) is 18.4. The number of ether oxygens (including phenoxy) is 1. The zero-order valence-corrected chi connectivity index (χ0v) is 38.8. The second kappa shape index (κ2) is 16.4. The van der Waals surface area contributed by atoms with Crippen LogP contribution in [-0.4, -0.2) is 35.6 Å². The summed E-state index contributed by atoms with van der Waals surface area (Å²) < 4.78 is 6.67. The molecule has 2 aromatic rings. The molecule has 5 fully saturated rings. The fourth-order valence-corrected chi connectivity index (χ4v) is 15.0. The Morgan fingerprint density at radius 1 is 0.803 bits per heavy atom. The Balaban J connectivity index is 0.00000182. The zero-order valence-electron chi connectivity index (χ0n) is 38.1. The topological polar surface area (TPSA) is 119 Å². The summed E-state index contributed by atoms with van der Waals surface area (Å²) in [6.07, 6.45) is 10.6. The van der Waals surface area contributed by atoms with Gasteiger partial charge in [0.15, 0.2) is 5.78 Å². The number of halogens is 1. The van der Waals surface area contributed by atoms with Crippen molar-refractivity contribution in [3.8, 4) is 0 Å². The lowest BCUT2D eigenvalue weighted by atomic mass is 9.33. The molecule has 0 aliphatic heterocycles. The molecule has 9 heteroatoms. The van der Waals surface area contributed by atoms with E-state index in [9.17, 15) is 14.4 Å². The van der Waals surface area contributed by atoms with Crippen LogP contribution in [0, 0.1) is 62.6 Å². The standard InChI is InChI=1S/C51H69ClN2O4.CO2/c1-31(2)42-38(55)29-51(54-45(57)53-30-33-15-17-35(52)18-16-33)26-25-49(8)36(43(42)51)19-20-40-48(7)23-22-41(47(5,6)39(48)21-24-50(40,49)9)58-44(56)37-28-34(46(37,3)4)27-32-13-11-10-12-14-32;2-1-3/h10-18,31,34,36-37,39-41H,19-30H2,1-9H3,(H2,53,54,57);/t34-,36-,37-,39+,40-,41+,48+,49-,50-,51-;/m1./s1. The number of amides is 2. The molecule has 6 aliphatic rings. The number of hydrogen-bond acceptors (Lipinski definition) is 6. The van der Waals surface area contributed by atoms with E-state index in [1.54, 1.807) is 0 Å². The summed E-state index contributed by atoms with van der Waals surface area (Å²) in [4.78, 5) is 58.0. The first-order chi connectivity index (χ1) is 28.7. The predicted octanol–water partition coefficient (Wildman–Crippen LogP) is 11.1. The number of allylic oxidation sites excluding steroid dienone is 1. The Labute approximate surface area is 369 Å². The lowest BCUT2D eigenvalue weighted by Crippen LogP contribution is -2.67. The lowest BCUT2D eigenvalue weighted by molar-refractivity contribution is -0.235. The van der Waals surface area contributed by atoms with Crippen LogP contribution >= 0.6 is 11.6 Å². The van der Waals surface area contributed by atoms with Gasteiger partial charge >= 0.3 is 18.2 Å². The first-order valence-electron chi connectivity index (χ1n) is 23.0. The maximum absolute atomic E-state index is 14.1. The summed E-state index contributed by atoms with van der Waals surface area (Å²) in [5.41, 5.74) is 3.89. The van der Waals surface area contributed by atoms with Gasteiger partial charge in [0.2, 0.25) is 0 Å². The molecule has 2 aromatic carbocycles. The van der Waals surface area contributed by atoms with Crippen LogP contribution in [0.25, 0.3) is 0 Å². The van der Waals surface area contributed by atoms with Crippen LogP contribution in [0.4, 0.5) is 4.79 Å². The minimum atomic E-state index is -0.643. The van der Waals surface area contributed by atoms with E-state index in [-0.39, 0.29) is 74.9 Å². The van der Waals surface area contributed by atoms with Crippen LogP contribution in [0.3, 0.4) is 0 Å². The van der Waals surface area contributed by atoms with E-state index >= 15 is 0 Å². The quantitative estimate of drug-likeness (QED) is 0.255. The smallest absolute Gasteiger partial charge is 0.373 e. The van der Waals surface area contributed by atoms with Crippen molar-refractivity contribution in [2.45, 2.75) is 151 Å². The number of Topliss-reactive ketones (excluding diaryl/α,β-unsaturated/α-hetero) is 1. The maximum Gasteiger partial charge on any atom is 0.373 e. The molecule has 0 aromatic heterocycles. The Morgan fingerprint density at radius 3 is 2.11 bits per heavy atom. The second-order valence-corrected chi connectivity index (χ2v) is 22.5. The highest BCUT2D eigenvalue weighted by Crippen LogP contribution is 2.76. The lowest BCUT2D eigenvalue weighted by Gasteiger charge is -2.72. The SMILES string of the molecule is CC(C)C1=C2[C@H]3CC[C@@H]4[C@@]5(C)CC[C@H](OC(=O)[C@H]6C[C@@H](Cc7ccccc7)C6(C)C)C(C)(C)[C@@H]5CC[C@@]4(C)[C@]3(C)CC[C@@]2(NC(=O)NCc2ccc(Cl)cc2)CC1=O.O=C=O. The van der Waals surface area contributed by atoms with Crippen LogP contribution in [0.15, 0.2) is 65.7 Å². The van der Waals surface area contributed by atoms with Gasteiger partial charge in [-0.2, -0.15) is 9.59 Å². The summed E-state index contributed by atoms with van der Waals surface area (Å²) >= 11 is 6.10. The van der Waals surface area contributed by atoms with Gasteiger partial charge in [0.25, 0.3) is 0 Å². The number of ketones is 1. The van der Waals surface area contributed by atoms with Gasteiger partial charge < -0.3 is 15.4 Å². The van der Waals surface area contributed by atoms with Crippen molar-refractivity contribution in [1.82, 2.24) is 10.6 Å². The van der Waals surface area contributed by atoms with Crippen molar-refractivity contribution in [1.29, 1.82) is 0 Å². The molecule has 5 saturated carbocycles. The van der Waals surface area contributed by atoms with E-state index in [1.165, 1.54) is 11.1 Å². The van der Waals surface area contributed by atoms with Crippen molar-refractivity contribution >= 4 is 35.5 Å². The fraction of sp³-hybridized carbons (Fsp3) is 0.654. The van der Waals surface area contributed by atoms with Crippen LogP contribution in [0.2, 0.25) is 5.02 Å². The van der Waals surface area contributed by atoms with Gasteiger partial charge in [-0.25, -0.2) is 4.79 Å². The number of carbonyl (C=O) groups is 3. The van der Waals surface area contributed by atoms with Gasteiger partial charge in [0, 0.05) is 23.4 Å². The average Bonchev–Trinajstić information content (AvgIpc) is 3.49. The fourth-order valence-electron chi connectivity index (χ4n) is 14.9. The number of rotatable bonds is 8. The van der Waals surface area contributed by atoms with Crippen LogP contribution in [-0.2, 0) is 36.9 Å². The van der Waals surface area contributed by atoms with E-state index in [0.717, 1.165) is 75.3 Å². The van der Waals surface area contributed by atoms with E-state index in [4.69, 9.17) is 25.9 Å². The van der Waals surface area contributed by atoms with Gasteiger partial charge in [-0.3, -0.25) is 9.59 Å². The highest BCUT2D eigenvalue weighted by Gasteiger charge is 2.70. The molecule has 0 heterocycles. The number of fused-ring (bicyclic) bond motifs is 7. The number of hydrogen-bond donors (Lipinski definition) is 2. The normalized spacial score (nSPS) is 36.7. The van der Waals surface area contributed by atoms with Gasteiger partial charge in [-0.15, -0.1) is 0 Å². The first kappa shape index (κ1) is 45.3. The van der Waals surface area contributed by atoms with Crippen LogP contribution in [0.5, 0.6) is 0 Å². The maximum atomic E-state index is 14.1. The molecule has 8 nitrogen and oxygen atoms in total. The first-order valence-corrected chi connectivity index (χ1v) is 23.4. The van der Waals surface area contributed by atoms with Gasteiger partial charge in [0.05, 0.1) is 11.5 Å². The van der Waals surface area contributed by atoms with Crippen molar-refractivity contribution in [2.24, 2.45) is 62.6 Å². The molecular weight excluding hydrogens is 784 g/mol. The van der Waals surface area contributed by atoms with Gasteiger partial charge in [-0.05, 0) is 150 Å². The molecule has 8 rings (SSSR count). The molecule has 6 aliphatic carbocycles. The Kier molecular flexibility index (Phi) is 12.2. The molecule has 0 radical (unpaired) electrons. The molecule has 2 N–H and O–H groups in total. The minimum absolute atomic E-state index is 0.00545. The number of nitrogens with one attached hydrogen (secondary N) is 2. The van der Waals surface area contributed by atoms with Crippen molar-refractivity contribution in [2.75, 3.05) is 0 Å². The van der Waals surface area contributed by atoms with Crippen molar-refractivity contribution in [3.05, 3.63) is 81.9 Å². The number of carbonyl (C=O) groups excluding carboxylic acids is 5. The molecule has 330 valence electrons. The van der Waals surface area contributed by atoms with E-state index in [0.29, 0.717) is 35.7 Å². The summed E-state index contributed by atoms with van der Waals surface area (Å²) in [5, 5.41) is 7.21. The molecule has 0 bridgehead atoms. The van der Waals surface area contributed by atoms with E-state index in [1.807, 2.05) is 24.3 Å². The molecule has 2 amide bonds. The van der Waals surface area contributed by atoms with Crippen molar-refractivity contribution in [3.63, 3.8) is 0 Å². The predicted molar refractivity (Wildman–Crippen MR) is 237 cm³/mol.